The van der Waals surface area contributed by atoms with Gasteiger partial charge in [0.2, 0.25) is 0 Å². The highest BCUT2D eigenvalue weighted by Gasteiger charge is 2.08. The van der Waals surface area contributed by atoms with Gasteiger partial charge in [-0.25, -0.2) is 4.98 Å². The number of hydrogen-bond acceptors (Lipinski definition) is 4. The lowest BCUT2D eigenvalue weighted by atomic mass is 9.97. The van der Waals surface area contributed by atoms with Crippen LogP contribution in [-0.4, -0.2) is 22.4 Å². The Labute approximate surface area is 148 Å². The van der Waals surface area contributed by atoms with Crippen LogP contribution >= 0.6 is 0 Å². The van der Waals surface area contributed by atoms with Crippen molar-refractivity contribution in [1.29, 1.82) is 0 Å². The first-order valence-electron chi connectivity index (χ1n) is 8.86. The van der Waals surface area contributed by atoms with E-state index in [9.17, 15) is 4.79 Å². The maximum atomic E-state index is 12.2. The number of hydrogen-bond donors (Lipinski definition) is 2. The van der Waals surface area contributed by atoms with E-state index in [1.807, 2.05) is 18.2 Å². The summed E-state index contributed by atoms with van der Waals surface area (Å²) in [6.07, 6.45) is 13.4. The number of amides is 1. The van der Waals surface area contributed by atoms with Crippen molar-refractivity contribution in [1.82, 2.24) is 15.3 Å². The van der Waals surface area contributed by atoms with Gasteiger partial charge in [0.1, 0.15) is 5.69 Å². The molecule has 0 atom stereocenters. The molecule has 0 unspecified atom stereocenters. The van der Waals surface area contributed by atoms with E-state index in [-0.39, 0.29) is 5.91 Å². The summed E-state index contributed by atoms with van der Waals surface area (Å²) < 4.78 is 0. The number of allylic oxidation sites excluding steroid dienone is 1. The molecule has 1 aliphatic rings. The highest BCUT2D eigenvalue weighted by Crippen LogP contribution is 2.19. The molecule has 25 heavy (non-hydrogen) atoms. The van der Waals surface area contributed by atoms with Crippen LogP contribution in [0.5, 0.6) is 0 Å². The lowest BCUT2D eigenvalue weighted by Gasteiger charge is -2.13. The average molecular weight is 336 g/mol. The van der Waals surface area contributed by atoms with Crippen molar-refractivity contribution in [3.05, 3.63) is 65.8 Å². The molecule has 0 saturated heterocycles. The Hall–Kier alpha value is -2.69. The molecule has 0 spiro atoms. The van der Waals surface area contributed by atoms with Crippen LogP contribution < -0.4 is 10.6 Å². The number of nitrogens with zero attached hydrogens (tertiary/aromatic N) is 2. The molecule has 3 rings (SSSR count). The van der Waals surface area contributed by atoms with Crippen LogP contribution in [0.1, 0.15) is 48.2 Å². The monoisotopic (exact) mass is 336 g/mol. The van der Waals surface area contributed by atoms with Gasteiger partial charge in [0.25, 0.3) is 5.91 Å². The van der Waals surface area contributed by atoms with E-state index >= 15 is 0 Å². The summed E-state index contributed by atoms with van der Waals surface area (Å²) in [5.41, 5.74) is 3.96. The molecule has 0 fully saturated rings. The molecule has 2 aromatic heterocycles. The third-order valence-electron chi connectivity index (χ3n) is 4.36. The number of carbonyl (C=O) groups excluding carboxylic acids is 1. The van der Waals surface area contributed by atoms with E-state index < -0.39 is 0 Å². The maximum Gasteiger partial charge on any atom is 0.269 e. The second-order valence-electron chi connectivity index (χ2n) is 6.26. The predicted molar refractivity (Wildman–Crippen MR) is 99.3 cm³/mol. The summed E-state index contributed by atoms with van der Waals surface area (Å²) in [4.78, 5) is 20.4. The van der Waals surface area contributed by atoms with Gasteiger partial charge in [-0.2, -0.15) is 0 Å². The molecule has 0 bridgehead atoms. The highest BCUT2D eigenvalue weighted by atomic mass is 16.1. The Bertz CT molecular complexity index is 710. The fraction of sp³-hybridized carbons (Fsp3) is 0.350. The minimum absolute atomic E-state index is 0.114. The van der Waals surface area contributed by atoms with Gasteiger partial charge in [-0.1, -0.05) is 11.6 Å². The maximum absolute atomic E-state index is 12.2. The summed E-state index contributed by atoms with van der Waals surface area (Å²) in [6, 6.07) is 7.56. The number of pyridine rings is 2. The summed E-state index contributed by atoms with van der Waals surface area (Å²) in [6.45, 7) is 1.37. The van der Waals surface area contributed by atoms with E-state index in [0.717, 1.165) is 17.7 Å². The van der Waals surface area contributed by atoms with Crippen molar-refractivity contribution in [2.45, 2.75) is 38.6 Å². The van der Waals surface area contributed by atoms with E-state index in [0.29, 0.717) is 18.8 Å². The predicted octanol–water partition coefficient (Wildman–Crippen LogP) is 3.71. The lowest BCUT2D eigenvalue weighted by molar-refractivity contribution is 0.0949. The standard InChI is InChI=1S/C20H24N4O/c25-20(22-13-10-16-4-2-1-3-5-16)19-7-6-18(15-24-19)23-14-17-8-11-21-12-9-17/h4,6-9,11-12,15,23H,1-3,5,10,13-14H2,(H,22,25). The first-order chi connectivity index (χ1) is 12.3. The first-order valence-corrected chi connectivity index (χ1v) is 8.86. The Kier molecular flexibility index (Phi) is 6.15. The van der Waals surface area contributed by atoms with E-state index in [1.165, 1.54) is 31.3 Å². The fourth-order valence-electron chi connectivity index (χ4n) is 2.90. The summed E-state index contributed by atoms with van der Waals surface area (Å²) in [7, 11) is 0. The molecule has 5 heteroatoms. The summed E-state index contributed by atoms with van der Waals surface area (Å²) in [5, 5.41) is 6.24. The van der Waals surface area contributed by atoms with E-state index in [2.05, 4.69) is 26.7 Å². The van der Waals surface area contributed by atoms with Gasteiger partial charge in [0.15, 0.2) is 0 Å². The molecular formula is C20H24N4O. The van der Waals surface area contributed by atoms with Crippen molar-refractivity contribution < 1.29 is 4.79 Å². The van der Waals surface area contributed by atoms with Crippen LogP contribution in [0.4, 0.5) is 5.69 Å². The number of carbonyl (C=O) groups is 1. The molecule has 2 aromatic rings. The van der Waals surface area contributed by atoms with Crippen molar-refractivity contribution in [2.24, 2.45) is 0 Å². The molecule has 0 radical (unpaired) electrons. The third kappa shape index (κ3) is 5.41. The quantitative estimate of drug-likeness (QED) is 0.757. The number of nitrogens with one attached hydrogen (secondary N) is 2. The molecule has 2 N–H and O–H groups in total. The second-order valence-corrected chi connectivity index (χ2v) is 6.26. The van der Waals surface area contributed by atoms with Crippen molar-refractivity contribution >= 4 is 11.6 Å². The topological polar surface area (TPSA) is 66.9 Å². The van der Waals surface area contributed by atoms with E-state index in [4.69, 9.17) is 0 Å². The van der Waals surface area contributed by atoms with Crippen molar-refractivity contribution in [3.8, 4) is 0 Å². The SMILES string of the molecule is O=C(NCCC1=CCCCC1)c1ccc(NCc2ccncc2)cn1. The molecular weight excluding hydrogens is 312 g/mol. The van der Waals surface area contributed by atoms with Gasteiger partial charge in [0, 0.05) is 25.5 Å². The van der Waals surface area contributed by atoms with Gasteiger partial charge in [-0.05, 0) is 61.9 Å². The molecule has 0 saturated carbocycles. The zero-order valence-electron chi connectivity index (χ0n) is 14.4. The highest BCUT2D eigenvalue weighted by molar-refractivity contribution is 5.92. The Morgan fingerprint density at radius 3 is 2.72 bits per heavy atom. The van der Waals surface area contributed by atoms with Crippen LogP contribution in [0.3, 0.4) is 0 Å². The van der Waals surface area contributed by atoms with Crippen molar-refractivity contribution in [3.63, 3.8) is 0 Å². The lowest BCUT2D eigenvalue weighted by Crippen LogP contribution is -2.25. The molecule has 0 aliphatic heterocycles. The normalized spacial score (nSPS) is 13.8. The molecule has 5 nitrogen and oxygen atoms in total. The van der Waals surface area contributed by atoms with Crippen LogP contribution in [-0.2, 0) is 6.54 Å². The van der Waals surface area contributed by atoms with Gasteiger partial charge >= 0.3 is 0 Å². The number of anilines is 1. The first kappa shape index (κ1) is 17.1. The average Bonchev–Trinajstić information content (AvgIpc) is 2.68. The smallest absolute Gasteiger partial charge is 0.269 e. The van der Waals surface area contributed by atoms with Crippen LogP contribution in [0.15, 0.2) is 54.5 Å². The van der Waals surface area contributed by atoms with Gasteiger partial charge < -0.3 is 10.6 Å². The Morgan fingerprint density at radius 1 is 1.12 bits per heavy atom. The minimum Gasteiger partial charge on any atom is -0.380 e. The van der Waals surface area contributed by atoms with Gasteiger partial charge in [-0.3, -0.25) is 9.78 Å². The van der Waals surface area contributed by atoms with E-state index in [1.54, 1.807) is 24.7 Å². The second kappa shape index (κ2) is 8.97. The molecule has 2 heterocycles. The van der Waals surface area contributed by atoms with Gasteiger partial charge in [0.05, 0.1) is 11.9 Å². The van der Waals surface area contributed by atoms with Crippen LogP contribution in [0.2, 0.25) is 0 Å². The van der Waals surface area contributed by atoms with Crippen LogP contribution in [0, 0.1) is 0 Å². The minimum atomic E-state index is -0.114. The van der Waals surface area contributed by atoms with Crippen LogP contribution in [0.25, 0.3) is 0 Å². The number of rotatable bonds is 7. The molecule has 1 amide bonds. The summed E-state index contributed by atoms with van der Waals surface area (Å²) >= 11 is 0. The Balaban J connectivity index is 1.44. The molecule has 0 aromatic carbocycles. The zero-order valence-corrected chi connectivity index (χ0v) is 14.4. The summed E-state index contributed by atoms with van der Waals surface area (Å²) in [5.74, 6) is -0.114. The fourth-order valence-corrected chi connectivity index (χ4v) is 2.90. The zero-order chi connectivity index (χ0) is 17.3. The number of aromatic nitrogens is 2. The third-order valence-corrected chi connectivity index (χ3v) is 4.36. The van der Waals surface area contributed by atoms with Crippen molar-refractivity contribution in [2.75, 3.05) is 11.9 Å². The van der Waals surface area contributed by atoms with Gasteiger partial charge in [-0.15, -0.1) is 0 Å². The largest absolute Gasteiger partial charge is 0.380 e. The molecule has 130 valence electrons. The Morgan fingerprint density at radius 2 is 2.00 bits per heavy atom. The molecule has 1 aliphatic carbocycles.